The zero-order valence-corrected chi connectivity index (χ0v) is 7.29. The van der Waals surface area contributed by atoms with Gasteiger partial charge in [-0.15, -0.1) is 0 Å². The van der Waals surface area contributed by atoms with E-state index in [0.717, 1.165) is 31.8 Å². The summed E-state index contributed by atoms with van der Waals surface area (Å²) in [6, 6.07) is 0. The van der Waals surface area contributed by atoms with Crippen LogP contribution in [0.1, 0.15) is 25.7 Å². The minimum Gasteiger partial charge on any atom is -0.409 e. The van der Waals surface area contributed by atoms with Crippen LogP contribution in [0, 0.1) is 5.92 Å². The van der Waals surface area contributed by atoms with Crippen molar-refractivity contribution in [3.8, 4) is 0 Å². The molecule has 4 N–H and O–H groups in total. The second-order valence-electron chi connectivity index (χ2n) is 3.32. The van der Waals surface area contributed by atoms with Crippen molar-refractivity contribution in [2.24, 2.45) is 16.8 Å². The predicted octanol–water partition coefficient (Wildman–Crippen LogP) is 0.513. The van der Waals surface area contributed by atoms with Crippen LogP contribution in [-0.4, -0.2) is 24.1 Å². The van der Waals surface area contributed by atoms with Gasteiger partial charge in [-0.05, 0) is 38.3 Å². The van der Waals surface area contributed by atoms with Crippen molar-refractivity contribution >= 4 is 5.84 Å². The van der Waals surface area contributed by atoms with Gasteiger partial charge in [0.2, 0.25) is 0 Å². The summed E-state index contributed by atoms with van der Waals surface area (Å²) >= 11 is 0. The summed E-state index contributed by atoms with van der Waals surface area (Å²) in [5.74, 6) is 1.11. The van der Waals surface area contributed by atoms with Crippen LogP contribution in [0.2, 0.25) is 0 Å². The number of rotatable bonds is 3. The second kappa shape index (κ2) is 4.98. The molecule has 1 saturated heterocycles. The SMILES string of the molecule is N/C(CCC1CCNCC1)=N\O. The lowest BCUT2D eigenvalue weighted by molar-refractivity contribution is 0.313. The summed E-state index contributed by atoms with van der Waals surface area (Å²) in [6.07, 6.45) is 4.22. The zero-order valence-electron chi connectivity index (χ0n) is 7.29. The smallest absolute Gasteiger partial charge is 0.139 e. The Balaban J connectivity index is 2.13. The molecule has 0 atom stereocenters. The zero-order chi connectivity index (χ0) is 8.81. The quantitative estimate of drug-likeness (QED) is 0.251. The molecule has 0 aromatic rings. The van der Waals surface area contributed by atoms with Gasteiger partial charge in [0, 0.05) is 6.42 Å². The fourth-order valence-electron chi connectivity index (χ4n) is 1.57. The van der Waals surface area contributed by atoms with Crippen molar-refractivity contribution in [2.75, 3.05) is 13.1 Å². The topological polar surface area (TPSA) is 70.6 Å². The van der Waals surface area contributed by atoms with Gasteiger partial charge in [0.25, 0.3) is 0 Å². The van der Waals surface area contributed by atoms with Gasteiger partial charge in [0.05, 0.1) is 0 Å². The third kappa shape index (κ3) is 3.09. The van der Waals surface area contributed by atoms with Gasteiger partial charge in [-0.2, -0.15) is 0 Å². The number of nitrogens with one attached hydrogen (secondary N) is 1. The molecule has 1 fully saturated rings. The van der Waals surface area contributed by atoms with E-state index in [9.17, 15) is 0 Å². The summed E-state index contributed by atoms with van der Waals surface area (Å²) in [5, 5.41) is 14.6. The number of nitrogens with zero attached hydrogens (tertiary/aromatic N) is 1. The minimum absolute atomic E-state index is 0.355. The highest BCUT2D eigenvalue weighted by Gasteiger charge is 2.12. The molecule has 0 radical (unpaired) electrons. The van der Waals surface area contributed by atoms with Crippen molar-refractivity contribution in [2.45, 2.75) is 25.7 Å². The van der Waals surface area contributed by atoms with Crippen molar-refractivity contribution in [1.29, 1.82) is 0 Å². The van der Waals surface area contributed by atoms with Crippen LogP contribution in [0.5, 0.6) is 0 Å². The number of amidine groups is 1. The number of oxime groups is 1. The largest absolute Gasteiger partial charge is 0.409 e. The first-order valence-electron chi connectivity index (χ1n) is 4.50. The van der Waals surface area contributed by atoms with Crippen molar-refractivity contribution in [1.82, 2.24) is 5.32 Å². The highest BCUT2D eigenvalue weighted by atomic mass is 16.4. The summed E-state index contributed by atoms with van der Waals surface area (Å²) in [4.78, 5) is 0. The molecule has 1 rings (SSSR count). The van der Waals surface area contributed by atoms with Gasteiger partial charge in [-0.25, -0.2) is 0 Å². The van der Waals surface area contributed by atoms with Gasteiger partial charge in [0.1, 0.15) is 5.84 Å². The van der Waals surface area contributed by atoms with E-state index in [0.29, 0.717) is 5.84 Å². The molecule has 1 heterocycles. The van der Waals surface area contributed by atoms with E-state index < -0.39 is 0 Å². The van der Waals surface area contributed by atoms with Crippen LogP contribution in [0.4, 0.5) is 0 Å². The second-order valence-corrected chi connectivity index (χ2v) is 3.32. The molecule has 1 aliphatic heterocycles. The van der Waals surface area contributed by atoms with E-state index in [1.807, 2.05) is 0 Å². The maximum Gasteiger partial charge on any atom is 0.139 e. The van der Waals surface area contributed by atoms with Crippen LogP contribution in [0.3, 0.4) is 0 Å². The van der Waals surface area contributed by atoms with E-state index in [1.165, 1.54) is 12.8 Å². The molecule has 0 aromatic heterocycles. The maximum absolute atomic E-state index is 8.31. The Kier molecular flexibility index (Phi) is 3.87. The number of nitrogens with two attached hydrogens (primary N) is 1. The monoisotopic (exact) mass is 171 g/mol. The fourth-order valence-corrected chi connectivity index (χ4v) is 1.57. The Hall–Kier alpha value is -0.770. The molecule has 0 aliphatic carbocycles. The van der Waals surface area contributed by atoms with E-state index in [-0.39, 0.29) is 0 Å². The molecule has 0 aromatic carbocycles. The van der Waals surface area contributed by atoms with E-state index in [4.69, 9.17) is 10.9 Å². The van der Waals surface area contributed by atoms with Crippen LogP contribution in [0.15, 0.2) is 5.16 Å². The van der Waals surface area contributed by atoms with E-state index in [2.05, 4.69) is 10.5 Å². The van der Waals surface area contributed by atoms with Crippen LogP contribution in [-0.2, 0) is 0 Å². The Morgan fingerprint density at radius 1 is 1.50 bits per heavy atom. The fraction of sp³-hybridized carbons (Fsp3) is 0.875. The molecule has 0 saturated carbocycles. The van der Waals surface area contributed by atoms with Crippen LogP contribution >= 0.6 is 0 Å². The molecule has 0 amide bonds. The third-order valence-electron chi connectivity index (χ3n) is 2.40. The van der Waals surface area contributed by atoms with Crippen molar-refractivity contribution in [3.63, 3.8) is 0 Å². The number of hydrogen-bond acceptors (Lipinski definition) is 3. The van der Waals surface area contributed by atoms with Crippen LogP contribution in [0.25, 0.3) is 0 Å². The average Bonchev–Trinajstić information content (AvgIpc) is 2.16. The molecule has 0 unspecified atom stereocenters. The highest BCUT2D eigenvalue weighted by Crippen LogP contribution is 2.17. The first kappa shape index (κ1) is 9.32. The normalized spacial score (nSPS) is 21.2. The third-order valence-corrected chi connectivity index (χ3v) is 2.40. The average molecular weight is 171 g/mol. The first-order chi connectivity index (χ1) is 5.83. The molecule has 0 bridgehead atoms. The number of piperidine rings is 1. The summed E-state index contributed by atoms with van der Waals surface area (Å²) in [6.45, 7) is 2.22. The molecule has 4 heteroatoms. The summed E-state index contributed by atoms with van der Waals surface area (Å²) < 4.78 is 0. The Bertz CT molecular complexity index is 152. The molecule has 4 nitrogen and oxygen atoms in total. The Morgan fingerprint density at radius 3 is 2.75 bits per heavy atom. The summed E-state index contributed by atoms with van der Waals surface area (Å²) in [7, 11) is 0. The van der Waals surface area contributed by atoms with Crippen LogP contribution < -0.4 is 11.1 Å². The lowest BCUT2D eigenvalue weighted by Crippen LogP contribution is -2.28. The van der Waals surface area contributed by atoms with Gasteiger partial charge in [0.15, 0.2) is 0 Å². The molecular weight excluding hydrogens is 154 g/mol. The van der Waals surface area contributed by atoms with Crippen molar-refractivity contribution < 1.29 is 5.21 Å². The predicted molar refractivity (Wildman–Crippen MR) is 48.2 cm³/mol. The molecule has 70 valence electrons. The number of hydrogen-bond donors (Lipinski definition) is 3. The van der Waals surface area contributed by atoms with E-state index in [1.54, 1.807) is 0 Å². The molecule has 0 spiro atoms. The molecular formula is C8H17N3O. The van der Waals surface area contributed by atoms with Gasteiger partial charge in [-0.3, -0.25) is 0 Å². The Morgan fingerprint density at radius 2 is 2.17 bits per heavy atom. The molecule has 1 aliphatic rings. The van der Waals surface area contributed by atoms with E-state index >= 15 is 0 Å². The lowest BCUT2D eigenvalue weighted by atomic mass is 9.93. The highest BCUT2D eigenvalue weighted by molar-refractivity contribution is 5.79. The first-order valence-corrected chi connectivity index (χ1v) is 4.50. The standard InChI is InChI=1S/C8H17N3O/c9-8(11-12)2-1-7-3-5-10-6-4-7/h7,10,12H,1-6H2,(H2,9,11). The van der Waals surface area contributed by atoms with Crippen molar-refractivity contribution in [3.05, 3.63) is 0 Å². The van der Waals surface area contributed by atoms with Gasteiger partial charge >= 0.3 is 0 Å². The molecule has 12 heavy (non-hydrogen) atoms. The van der Waals surface area contributed by atoms with Gasteiger partial charge in [-0.1, -0.05) is 5.16 Å². The maximum atomic E-state index is 8.31. The summed E-state index contributed by atoms with van der Waals surface area (Å²) in [5.41, 5.74) is 5.37. The van der Waals surface area contributed by atoms with Gasteiger partial charge < -0.3 is 16.3 Å². The minimum atomic E-state index is 0.355. The lowest BCUT2D eigenvalue weighted by Gasteiger charge is -2.21. The Labute approximate surface area is 72.8 Å².